The fourth-order valence-electron chi connectivity index (χ4n) is 3.78. The molecule has 7 heteroatoms. The number of carbonyl (C=O) groups is 1. The van der Waals surface area contributed by atoms with Crippen LogP contribution >= 0.6 is 0 Å². The number of aromatic amines is 1. The van der Waals surface area contributed by atoms with Crippen molar-refractivity contribution in [2.45, 2.75) is 71.4 Å². The average Bonchev–Trinajstić information content (AvgIpc) is 3.01. The van der Waals surface area contributed by atoms with Crippen molar-refractivity contribution in [3.05, 3.63) is 45.4 Å². The van der Waals surface area contributed by atoms with Crippen LogP contribution in [-0.2, 0) is 11.2 Å². The second-order valence-electron chi connectivity index (χ2n) is 7.30. The van der Waals surface area contributed by atoms with E-state index in [-0.39, 0.29) is 17.6 Å². The molecule has 1 aliphatic carbocycles. The number of H-pyrrole nitrogens is 1. The Labute approximate surface area is 153 Å². The smallest absolute Gasteiger partial charge is 0.345 e. The van der Waals surface area contributed by atoms with E-state index in [0.29, 0.717) is 24.6 Å². The van der Waals surface area contributed by atoms with Crippen LogP contribution in [0, 0.1) is 20.8 Å². The number of hydrogen-bond acceptors (Lipinski definition) is 4. The molecular formula is C19H27N5O2. The number of aromatic nitrogens is 4. The maximum absolute atomic E-state index is 12.3. The van der Waals surface area contributed by atoms with Gasteiger partial charge in [-0.3, -0.25) is 9.48 Å². The Bertz CT molecular complexity index is 804. The van der Waals surface area contributed by atoms with Crippen LogP contribution < -0.4 is 11.0 Å². The molecule has 26 heavy (non-hydrogen) atoms. The van der Waals surface area contributed by atoms with Crippen molar-refractivity contribution in [1.29, 1.82) is 0 Å². The van der Waals surface area contributed by atoms with E-state index in [1.807, 2.05) is 20.0 Å². The molecule has 0 bridgehead atoms. The van der Waals surface area contributed by atoms with Crippen molar-refractivity contribution in [1.82, 2.24) is 25.1 Å². The first-order chi connectivity index (χ1) is 12.4. The van der Waals surface area contributed by atoms with Gasteiger partial charge in [0.05, 0.1) is 12.2 Å². The molecule has 2 aromatic heterocycles. The van der Waals surface area contributed by atoms with Gasteiger partial charge in [0.25, 0.3) is 0 Å². The summed E-state index contributed by atoms with van der Waals surface area (Å²) in [6, 6.07) is 0.681. The largest absolute Gasteiger partial charge is 0.353 e. The predicted molar refractivity (Wildman–Crippen MR) is 99.1 cm³/mol. The summed E-state index contributed by atoms with van der Waals surface area (Å²) in [6.45, 7) is 5.71. The Morgan fingerprint density at radius 2 is 2.00 bits per heavy atom. The maximum atomic E-state index is 12.3. The van der Waals surface area contributed by atoms with Gasteiger partial charge in [0.15, 0.2) is 0 Å². The number of carbonyl (C=O) groups excluding carboxylic acids is 1. The first-order valence-corrected chi connectivity index (χ1v) is 9.29. The third-order valence-corrected chi connectivity index (χ3v) is 5.22. The molecule has 3 rings (SSSR count). The molecule has 1 amide bonds. The molecular weight excluding hydrogens is 330 g/mol. The number of rotatable bonds is 5. The van der Waals surface area contributed by atoms with Crippen LogP contribution in [0.3, 0.4) is 0 Å². The SMILES string of the molecule is Cc1cnn(C2CCC(NC(=O)CCc3c(C)nc(=O)[nH]c3C)CC2)c1. The fourth-order valence-corrected chi connectivity index (χ4v) is 3.78. The van der Waals surface area contributed by atoms with E-state index in [1.54, 1.807) is 0 Å². The highest BCUT2D eigenvalue weighted by Gasteiger charge is 2.24. The molecule has 1 aliphatic rings. The zero-order valence-electron chi connectivity index (χ0n) is 15.7. The third-order valence-electron chi connectivity index (χ3n) is 5.22. The Hall–Kier alpha value is -2.44. The normalized spacial score (nSPS) is 20.1. The number of nitrogens with zero attached hydrogens (tertiary/aromatic N) is 3. The molecule has 0 unspecified atom stereocenters. The maximum Gasteiger partial charge on any atom is 0.345 e. The molecule has 2 N–H and O–H groups in total. The van der Waals surface area contributed by atoms with Crippen molar-refractivity contribution in [2.24, 2.45) is 0 Å². The van der Waals surface area contributed by atoms with E-state index in [2.05, 4.69) is 38.2 Å². The van der Waals surface area contributed by atoms with Crippen LogP contribution in [0.15, 0.2) is 17.2 Å². The number of nitrogens with one attached hydrogen (secondary N) is 2. The standard InChI is InChI=1S/C19H27N5O2/c1-12-10-20-24(11-12)16-6-4-15(5-7-16)23-18(25)9-8-17-13(2)21-19(26)22-14(17)3/h10-11,15-16H,4-9H2,1-3H3,(H,23,25)(H,21,22,26). The van der Waals surface area contributed by atoms with Crippen molar-refractivity contribution in [2.75, 3.05) is 0 Å². The van der Waals surface area contributed by atoms with Gasteiger partial charge in [0.1, 0.15) is 0 Å². The highest BCUT2D eigenvalue weighted by Crippen LogP contribution is 2.28. The lowest BCUT2D eigenvalue weighted by molar-refractivity contribution is -0.122. The summed E-state index contributed by atoms with van der Waals surface area (Å²) in [7, 11) is 0. The van der Waals surface area contributed by atoms with Crippen molar-refractivity contribution < 1.29 is 4.79 Å². The van der Waals surface area contributed by atoms with E-state index in [4.69, 9.17) is 0 Å². The molecule has 0 spiro atoms. The lowest BCUT2D eigenvalue weighted by Crippen LogP contribution is -2.38. The van der Waals surface area contributed by atoms with Crippen LogP contribution in [-0.4, -0.2) is 31.7 Å². The monoisotopic (exact) mass is 357 g/mol. The molecule has 0 aromatic carbocycles. The minimum absolute atomic E-state index is 0.0633. The minimum Gasteiger partial charge on any atom is -0.353 e. The first kappa shape index (κ1) is 18.4. The summed E-state index contributed by atoms with van der Waals surface area (Å²) in [4.78, 5) is 30.3. The Kier molecular flexibility index (Phi) is 5.54. The van der Waals surface area contributed by atoms with E-state index in [0.717, 1.165) is 36.9 Å². The minimum atomic E-state index is -0.336. The highest BCUT2D eigenvalue weighted by molar-refractivity contribution is 5.76. The van der Waals surface area contributed by atoms with Gasteiger partial charge in [-0.2, -0.15) is 10.1 Å². The van der Waals surface area contributed by atoms with Gasteiger partial charge in [-0.1, -0.05) is 0 Å². The van der Waals surface area contributed by atoms with E-state index >= 15 is 0 Å². The predicted octanol–water partition coefficient (Wildman–Crippen LogP) is 2.12. The molecule has 2 heterocycles. The highest BCUT2D eigenvalue weighted by atomic mass is 16.1. The molecule has 2 aromatic rings. The second-order valence-corrected chi connectivity index (χ2v) is 7.30. The summed E-state index contributed by atoms with van der Waals surface area (Å²) >= 11 is 0. The van der Waals surface area contributed by atoms with Gasteiger partial charge in [-0.25, -0.2) is 4.79 Å². The zero-order chi connectivity index (χ0) is 18.7. The van der Waals surface area contributed by atoms with Gasteiger partial charge in [0.2, 0.25) is 5.91 Å². The lowest BCUT2D eigenvalue weighted by Gasteiger charge is -2.29. The van der Waals surface area contributed by atoms with Gasteiger partial charge < -0.3 is 10.3 Å². The van der Waals surface area contributed by atoms with Crippen LogP contribution in [0.5, 0.6) is 0 Å². The quantitative estimate of drug-likeness (QED) is 0.857. The first-order valence-electron chi connectivity index (χ1n) is 9.29. The van der Waals surface area contributed by atoms with E-state index in [1.165, 1.54) is 5.56 Å². The number of aryl methyl sites for hydroxylation is 3. The van der Waals surface area contributed by atoms with Crippen molar-refractivity contribution >= 4 is 5.91 Å². The van der Waals surface area contributed by atoms with Crippen LogP contribution in [0.4, 0.5) is 0 Å². The molecule has 140 valence electrons. The molecule has 1 saturated carbocycles. The van der Waals surface area contributed by atoms with Gasteiger partial charge >= 0.3 is 5.69 Å². The van der Waals surface area contributed by atoms with E-state index in [9.17, 15) is 9.59 Å². The molecule has 0 radical (unpaired) electrons. The summed E-state index contributed by atoms with van der Waals surface area (Å²) in [5, 5.41) is 7.56. The Morgan fingerprint density at radius 1 is 1.27 bits per heavy atom. The Balaban J connectivity index is 1.47. The van der Waals surface area contributed by atoms with Gasteiger partial charge in [-0.15, -0.1) is 0 Å². The zero-order valence-corrected chi connectivity index (χ0v) is 15.7. The van der Waals surface area contributed by atoms with Crippen LogP contribution in [0.25, 0.3) is 0 Å². The van der Waals surface area contributed by atoms with E-state index < -0.39 is 0 Å². The number of amides is 1. The summed E-state index contributed by atoms with van der Waals surface area (Å²) in [6.07, 6.45) is 9.02. The molecule has 1 fully saturated rings. The second kappa shape index (κ2) is 7.85. The third kappa shape index (κ3) is 4.39. The molecule has 0 aliphatic heterocycles. The molecule has 7 nitrogen and oxygen atoms in total. The summed E-state index contributed by atoms with van der Waals surface area (Å²) in [5.41, 5.74) is 3.30. The summed E-state index contributed by atoms with van der Waals surface area (Å²) in [5.74, 6) is 0.0633. The van der Waals surface area contributed by atoms with Crippen molar-refractivity contribution in [3.8, 4) is 0 Å². The van der Waals surface area contributed by atoms with Crippen molar-refractivity contribution in [3.63, 3.8) is 0 Å². The fraction of sp³-hybridized carbons (Fsp3) is 0.579. The molecule has 0 atom stereocenters. The van der Waals surface area contributed by atoms with Crippen LogP contribution in [0.1, 0.15) is 60.7 Å². The summed E-state index contributed by atoms with van der Waals surface area (Å²) < 4.78 is 2.06. The van der Waals surface area contributed by atoms with Crippen LogP contribution in [0.2, 0.25) is 0 Å². The average molecular weight is 357 g/mol. The topological polar surface area (TPSA) is 92.7 Å². The Morgan fingerprint density at radius 3 is 2.62 bits per heavy atom. The molecule has 0 saturated heterocycles. The number of hydrogen-bond donors (Lipinski definition) is 2. The lowest BCUT2D eigenvalue weighted by atomic mass is 9.91. The van der Waals surface area contributed by atoms with Gasteiger partial charge in [0, 0.05) is 30.0 Å². The van der Waals surface area contributed by atoms with Gasteiger partial charge in [-0.05, 0) is 64.0 Å².